The highest BCUT2D eigenvalue weighted by molar-refractivity contribution is 7.99. The SMILES string of the molecule is COc1ccc(-n2c(SCCOc3ccccc3C)nnc2-c2ccncc2)cc1. The van der Waals surface area contributed by atoms with Crippen molar-refractivity contribution in [3.05, 3.63) is 78.6 Å². The number of benzene rings is 2. The van der Waals surface area contributed by atoms with Crippen molar-refractivity contribution in [3.63, 3.8) is 0 Å². The van der Waals surface area contributed by atoms with Gasteiger partial charge in [-0.15, -0.1) is 10.2 Å². The molecule has 4 rings (SSSR count). The average molecular weight is 419 g/mol. The molecule has 30 heavy (non-hydrogen) atoms. The molecular weight excluding hydrogens is 396 g/mol. The molecule has 0 fully saturated rings. The van der Waals surface area contributed by atoms with E-state index in [-0.39, 0.29) is 0 Å². The number of thioether (sulfide) groups is 1. The van der Waals surface area contributed by atoms with E-state index in [4.69, 9.17) is 9.47 Å². The lowest BCUT2D eigenvalue weighted by Gasteiger charge is -2.12. The maximum Gasteiger partial charge on any atom is 0.196 e. The topological polar surface area (TPSA) is 62.1 Å². The normalized spacial score (nSPS) is 10.7. The van der Waals surface area contributed by atoms with Crippen LogP contribution in [0.15, 0.2) is 78.2 Å². The van der Waals surface area contributed by atoms with Crippen LogP contribution in [-0.2, 0) is 0 Å². The summed E-state index contributed by atoms with van der Waals surface area (Å²) in [6, 6.07) is 19.8. The first-order valence-electron chi connectivity index (χ1n) is 9.58. The summed E-state index contributed by atoms with van der Waals surface area (Å²) in [5, 5.41) is 9.70. The molecule has 7 heteroatoms. The Morgan fingerprint density at radius 1 is 0.933 bits per heavy atom. The molecule has 0 atom stereocenters. The molecule has 152 valence electrons. The third-order valence-electron chi connectivity index (χ3n) is 4.57. The standard InChI is InChI=1S/C23H22N4O2S/c1-17-5-3-4-6-21(17)29-15-16-30-23-26-25-22(18-11-13-24-14-12-18)27(23)19-7-9-20(28-2)10-8-19/h3-14H,15-16H2,1-2H3. The van der Waals surface area contributed by atoms with Gasteiger partial charge in [-0.2, -0.15) is 0 Å². The molecule has 0 aliphatic carbocycles. The van der Waals surface area contributed by atoms with Crippen molar-refractivity contribution in [2.24, 2.45) is 0 Å². The molecule has 4 aromatic rings. The van der Waals surface area contributed by atoms with Crippen LogP contribution < -0.4 is 9.47 Å². The van der Waals surface area contributed by atoms with Crippen molar-refractivity contribution in [1.29, 1.82) is 0 Å². The number of methoxy groups -OCH3 is 1. The van der Waals surface area contributed by atoms with Gasteiger partial charge in [0.1, 0.15) is 11.5 Å². The first-order chi connectivity index (χ1) is 14.8. The number of aryl methyl sites for hydroxylation is 1. The molecule has 0 radical (unpaired) electrons. The summed E-state index contributed by atoms with van der Waals surface area (Å²) in [5.41, 5.74) is 3.05. The van der Waals surface area contributed by atoms with E-state index in [1.54, 1.807) is 31.3 Å². The smallest absolute Gasteiger partial charge is 0.196 e. The van der Waals surface area contributed by atoms with E-state index in [1.807, 2.05) is 72.2 Å². The van der Waals surface area contributed by atoms with Crippen LogP contribution in [0, 0.1) is 6.92 Å². The van der Waals surface area contributed by atoms with E-state index < -0.39 is 0 Å². The van der Waals surface area contributed by atoms with Gasteiger partial charge in [0.15, 0.2) is 11.0 Å². The van der Waals surface area contributed by atoms with Gasteiger partial charge in [0.05, 0.1) is 13.7 Å². The van der Waals surface area contributed by atoms with Crippen molar-refractivity contribution >= 4 is 11.8 Å². The van der Waals surface area contributed by atoms with E-state index in [2.05, 4.69) is 15.2 Å². The molecule has 0 amide bonds. The van der Waals surface area contributed by atoms with Crippen LogP contribution in [0.4, 0.5) is 0 Å². The molecule has 0 aliphatic rings. The van der Waals surface area contributed by atoms with Crippen LogP contribution >= 0.6 is 11.8 Å². The molecular formula is C23H22N4O2S. The molecule has 2 heterocycles. The highest BCUT2D eigenvalue weighted by Crippen LogP contribution is 2.28. The minimum atomic E-state index is 0.579. The molecule has 0 aliphatic heterocycles. The number of hydrogen-bond donors (Lipinski definition) is 0. The maximum absolute atomic E-state index is 5.92. The minimum absolute atomic E-state index is 0.579. The lowest BCUT2D eigenvalue weighted by molar-refractivity contribution is 0.341. The molecule has 0 saturated heterocycles. The zero-order valence-corrected chi connectivity index (χ0v) is 17.7. The largest absolute Gasteiger partial charge is 0.497 e. The van der Waals surface area contributed by atoms with E-state index in [0.717, 1.165) is 45.0 Å². The first-order valence-corrected chi connectivity index (χ1v) is 10.6. The highest BCUT2D eigenvalue weighted by atomic mass is 32.2. The Kier molecular flexibility index (Phi) is 6.29. The number of rotatable bonds is 8. The van der Waals surface area contributed by atoms with Gasteiger partial charge in [-0.3, -0.25) is 9.55 Å². The summed E-state index contributed by atoms with van der Waals surface area (Å²) < 4.78 is 13.3. The Morgan fingerprint density at radius 3 is 2.43 bits per heavy atom. The average Bonchev–Trinajstić information content (AvgIpc) is 3.22. The lowest BCUT2D eigenvalue weighted by Crippen LogP contribution is -2.04. The molecule has 2 aromatic carbocycles. The zero-order valence-electron chi connectivity index (χ0n) is 16.9. The number of ether oxygens (including phenoxy) is 2. The molecule has 0 unspecified atom stereocenters. The predicted molar refractivity (Wildman–Crippen MR) is 119 cm³/mol. The van der Waals surface area contributed by atoms with Gasteiger partial charge in [-0.1, -0.05) is 30.0 Å². The quantitative estimate of drug-likeness (QED) is 0.302. The fourth-order valence-electron chi connectivity index (χ4n) is 3.02. The van der Waals surface area contributed by atoms with Crippen LogP contribution in [0.5, 0.6) is 11.5 Å². The molecule has 6 nitrogen and oxygen atoms in total. The van der Waals surface area contributed by atoms with Crippen molar-refractivity contribution in [1.82, 2.24) is 19.7 Å². The van der Waals surface area contributed by atoms with Gasteiger partial charge in [0.25, 0.3) is 0 Å². The number of nitrogens with zero attached hydrogens (tertiary/aromatic N) is 4. The third kappa shape index (κ3) is 4.46. The number of pyridine rings is 1. The van der Waals surface area contributed by atoms with Gasteiger partial charge in [0.2, 0.25) is 0 Å². The summed E-state index contributed by atoms with van der Waals surface area (Å²) in [7, 11) is 1.66. The second kappa shape index (κ2) is 9.45. The van der Waals surface area contributed by atoms with Crippen molar-refractivity contribution in [3.8, 4) is 28.6 Å². The molecule has 0 spiro atoms. The molecule has 0 bridgehead atoms. The van der Waals surface area contributed by atoms with Crippen LogP contribution in [-0.4, -0.2) is 39.2 Å². The van der Waals surface area contributed by atoms with Crippen molar-refractivity contribution in [2.45, 2.75) is 12.1 Å². The predicted octanol–water partition coefficient (Wildman–Crippen LogP) is 4.82. The second-order valence-electron chi connectivity index (χ2n) is 6.54. The summed E-state index contributed by atoms with van der Waals surface area (Å²) in [6.45, 7) is 2.62. The Morgan fingerprint density at radius 2 is 1.70 bits per heavy atom. The summed E-state index contributed by atoms with van der Waals surface area (Å²) >= 11 is 1.61. The zero-order chi connectivity index (χ0) is 20.8. The third-order valence-corrected chi connectivity index (χ3v) is 5.46. The van der Waals surface area contributed by atoms with Gasteiger partial charge in [0, 0.05) is 29.4 Å². The second-order valence-corrected chi connectivity index (χ2v) is 7.60. The van der Waals surface area contributed by atoms with Crippen LogP contribution in [0.2, 0.25) is 0 Å². The van der Waals surface area contributed by atoms with E-state index in [0.29, 0.717) is 6.61 Å². The number of hydrogen-bond acceptors (Lipinski definition) is 6. The van der Waals surface area contributed by atoms with Gasteiger partial charge >= 0.3 is 0 Å². The van der Waals surface area contributed by atoms with Gasteiger partial charge in [-0.25, -0.2) is 0 Å². The fraction of sp³-hybridized carbons (Fsp3) is 0.174. The van der Waals surface area contributed by atoms with E-state index in [1.165, 1.54) is 0 Å². The van der Waals surface area contributed by atoms with E-state index >= 15 is 0 Å². The summed E-state index contributed by atoms with van der Waals surface area (Å²) in [4.78, 5) is 4.10. The Hall–Kier alpha value is -3.32. The lowest BCUT2D eigenvalue weighted by atomic mass is 10.2. The van der Waals surface area contributed by atoms with Crippen molar-refractivity contribution < 1.29 is 9.47 Å². The Balaban J connectivity index is 1.56. The van der Waals surface area contributed by atoms with E-state index in [9.17, 15) is 0 Å². The Labute approximate surface area is 179 Å². The summed E-state index contributed by atoms with van der Waals surface area (Å²) in [6.07, 6.45) is 3.51. The molecule has 2 aromatic heterocycles. The summed E-state index contributed by atoms with van der Waals surface area (Å²) in [5.74, 6) is 3.23. The fourth-order valence-corrected chi connectivity index (χ4v) is 3.79. The molecule has 0 N–H and O–H groups in total. The number of para-hydroxylation sites is 1. The van der Waals surface area contributed by atoms with Crippen LogP contribution in [0.1, 0.15) is 5.56 Å². The Bertz CT molecular complexity index is 1100. The first kappa shape index (κ1) is 20.0. The van der Waals surface area contributed by atoms with Crippen molar-refractivity contribution in [2.75, 3.05) is 19.5 Å². The number of aromatic nitrogens is 4. The van der Waals surface area contributed by atoms with Gasteiger partial charge < -0.3 is 9.47 Å². The maximum atomic E-state index is 5.92. The minimum Gasteiger partial charge on any atom is -0.497 e. The monoisotopic (exact) mass is 418 g/mol. The highest BCUT2D eigenvalue weighted by Gasteiger charge is 2.16. The van der Waals surface area contributed by atoms with Crippen LogP contribution in [0.3, 0.4) is 0 Å². The molecule has 0 saturated carbocycles. The van der Waals surface area contributed by atoms with Crippen LogP contribution in [0.25, 0.3) is 17.1 Å². The van der Waals surface area contributed by atoms with Gasteiger partial charge in [-0.05, 0) is 55.0 Å².